The molecule has 0 radical (unpaired) electrons. The van der Waals surface area contributed by atoms with Crippen LogP contribution < -0.4 is 49.9 Å². The van der Waals surface area contributed by atoms with Gasteiger partial charge in [0.2, 0.25) is 35.4 Å². The molecule has 8 atom stereocenters. The number of aromatic nitrogens is 8. The number of esters is 1. The van der Waals surface area contributed by atoms with E-state index in [1.54, 1.807) is 47.7 Å². The van der Waals surface area contributed by atoms with Gasteiger partial charge in [-0.15, -0.1) is 22.7 Å². The van der Waals surface area contributed by atoms with Gasteiger partial charge in [0.05, 0.1) is 92.3 Å². The van der Waals surface area contributed by atoms with Gasteiger partial charge in [-0.1, -0.05) is 125 Å². The average molecular weight is 2100 g/mol. The van der Waals surface area contributed by atoms with Crippen LogP contribution in [0.4, 0.5) is 22.7 Å². The number of aliphatic hydroxyl groups is 1. The van der Waals surface area contributed by atoms with Crippen molar-refractivity contribution in [1.29, 1.82) is 0 Å². The van der Waals surface area contributed by atoms with Crippen molar-refractivity contribution in [3.63, 3.8) is 0 Å². The van der Waals surface area contributed by atoms with Gasteiger partial charge in [0.25, 0.3) is 0 Å². The quantitative estimate of drug-likeness (QED) is 0.0199. The maximum atomic E-state index is 14.6. The molecule has 6 aromatic heterocycles. The van der Waals surface area contributed by atoms with Crippen LogP contribution in [0.15, 0.2) is 188 Å². The number of anilines is 4. The van der Waals surface area contributed by atoms with E-state index in [2.05, 4.69) is 190 Å². The molecule has 143 heavy (non-hydrogen) atoms. The first kappa shape index (κ1) is 109. The molecule has 0 aliphatic carbocycles. The average Bonchev–Trinajstić information content (AvgIpc) is 1.78. The molecular formula is C108H131Br2LiN18O12S2. The summed E-state index contributed by atoms with van der Waals surface area (Å²) in [6, 6.07) is 37.7. The first-order valence-electron chi connectivity index (χ1n) is 48.6. The van der Waals surface area contributed by atoms with Crippen molar-refractivity contribution < 1.29 is 76.8 Å². The Morgan fingerprint density at radius 2 is 0.909 bits per heavy atom. The van der Waals surface area contributed by atoms with Gasteiger partial charge >= 0.3 is 24.8 Å². The van der Waals surface area contributed by atoms with Gasteiger partial charge in [-0.05, 0) is 269 Å². The Morgan fingerprint density at radius 3 is 1.26 bits per heavy atom. The molecule has 752 valence electrons. The van der Waals surface area contributed by atoms with E-state index < -0.39 is 53.2 Å². The van der Waals surface area contributed by atoms with E-state index in [9.17, 15) is 38.7 Å². The minimum absolute atomic E-state index is 0. The molecule has 10 heterocycles. The Bertz CT molecular complexity index is 6380. The van der Waals surface area contributed by atoms with Crippen LogP contribution >= 0.6 is 54.5 Å². The van der Waals surface area contributed by atoms with Gasteiger partial charge in [0.1, 0.15) is 41.8 Å². The summed E-state index contributed by atoms with van der Waals surface area (Å²) in [5.41, 5.74) is 22.7. The molecule has 0 saturated carbocycles. The smallest absolute Gasteiger partial charge is 0.870 e. The monoisotopic (exact) mass is 2100 g/mol. The number of amides is 6. The van der Waals surface area contributed by atoms with Crippen molar-refractivity contribution in [2.45, 2.75) is 218 Å². The van der Waals surface area contributed by atoms with E-state index in [-0.39, 0.29) is 111 Å². The summed E-state index contributed by atoms with van der Waals surface area (Å²) in [5, 5.41) is 31.5. The summed E-state index contributed by atoms with van der Waals surface area (Å²) < 4.78 is 22.6. The number of aliphatic hydroxyl groups excluding tert-OH is 1. The third-order valence-corrected chi connectivity index (χ3v) is 31.0. The number of thiazole rings is 2. The Balaban J connectivity index is 0.000000237. The Hall–Kier alpha value is -11.3. The number of β-amino-alcohol motifs (C(OH)–C–C–N with tert-alkyl or cyclic N) is 1. The standard InChI is InChI=1S/C55H66BrN9O6S.C53H64BrN9O5S.Li.H2O/c1-33-10-11-42(50-35(3)61-71-37(50)5)26-47(33)64(43-16-17-46(45(56)27-43)63-25-21-57-31-63)29-39-18-22-62(23-19-39)24-20-49(67)60-52(55(7,8)9)54(69)65-30-44(70-38(6)66)28-48(65)53(68)59-34(2)40-12-14-41(15-13-40)51-36(4)58-32-72-51;1-32-9-10-40(48-34(3)59-68-36(48)5)25-45(32)62(41-15-16-44(43(54)26-41)61-24-20-55-30-61)28-37-17-21-60(22-18-37)23-19-47(65)58-50(53(6,7)8)52(67)63-29-42(64)27-46(63)51(66)57-33(2)38-11-13-39(14-12-38)49-35(4)56-31-69-49;;/h10-17,21,25-27,31-32,34,39,44,48,52H,18-20,22-24,28-30H2,1-9H3,(H,59,68)(H,60,67);9-16,20,24-26,30-31,33,37,42,46,50,64H,17-19,21-23,27-29H2,1-8H3,(H,57,66)(H,58,65);;1H2/q;;+1;/p-1/t34-,44+,48-,52+;33-,42+,46-,50+;;/m00../s1. The van der Waals surface area contributed by atoms with E-state index in [0.717, 1.165) is 208 Å². The number of ether oxygens (including phenoxy) is 1. The number of halogens is 2. The molecule has 4 aliphatic heterocycles. The third kappa shape index (κ3) is 26.3. The van der Waals surface area contributed by atoms with E-state index in [1.165, 1.54) is 16.7 Å². The normalized spacial score (nSPS) is 17.3. The SMILES string of the molecule is CC(=O)O[C@@H]1C[C@@H](C(=O)N[C@@H](C)c2ccc(-c3scnc3C)cc2)N(C(=O)[C@@H](NC(=O)CCN2CCC(CN(c3ccc(-n4ccnc4)c(Br)c3)c3cc(-c4c(C)noc4C)ccc3C)CC2)C(C)(C)C)C1.Cc1ccc(-c2c(C)noc2C)cc1N(CC1CCN(CCC(=O)N[C@H](C(=O)N2C[C@H](O)C[C@H]2C(=O)N[C@@H](C)c2ccc(-c3scnc3C)cc2)C(C)(C)C)CC1)c1ccc(-n2ccnc2)c(Br)c1.[Li+].[OH-]. The number of rotatable bonds is 31. The molecule has 0 unspecified atom stereocenters. The van der Waals surface area contributed by atoms with Crippen LogP contribution in [0.2, 0.25) is 0 Å². The van der Waals surface area contributed by atoms with Gasteiger partial charge in [-0.3, -0.25) is 33.6 Å². The second kappa shape index (κ2) is 47.7. The van der Waals surface area contributed by atoms with Crippen molar-refractivity contribution in [1.82, 2.24) is 80.3 Å². The van der Waals surface area contributed by atoms with Crippen LogP contribution in [-0.4, -0.2) is 213 Å². The first-order valence-corrected chi connectivity index (χ1v) is 51.9. The van der Waals surface area contributed by atoms with Gasteiger partial charge in [0.15, 0.2) is 0 Å². The number of nitrogens with one attached hydrogen (secondary N) is 4. The fraction of sp³-hybridized carbons (Fsp3) is 0.435. The molecule has 6 aromatic carbocycles. The summed E-state index contributed by atoms with van der Waals surface area (Å²) in [6.45, 7) is 38.7. The van der Waals surface area contributed by atoms with E-state index in [1.807, 2.05) is 178 Å². The van der Waals surface area contributed by atoms with E-state index in [0.29, 0.717) is 24.9 Å². The second-order valence-corrected chi connectivity index (χ2v) is 43.7. The van der Waals surface area contributed by atoms with Crippen molar-refractivity contribution in [3.05, 3.63) is 235 Å². The molecule has 6 N–H and O–H groups in total. The summed E-state index contributed by atoms with van der Waals surface area (Å²) in [5.74, 6) is -0.0650. The maximum absolute atomic E-state index is 14.6. The molecule has 30 nitrogen and oxygen atoms in total. The van der Waals surface area contributed by atoms with Crippen molar-refractivity contribution in [3.8, 4) is 54.5 Å². The zero-order chi connectivity index (χ0) is 101. The van der Waals surface area contributed by atoms with Crippen molar-refractivity contribution in [2.24, 2.45) is 22.7 Å². The fourth-order valence-corrected chi connectivity index (χ4v) is 22.5. The number of hydrogen-bond donors (Lipinski definition) is 5. The van der Waals surface area contributed by atoms with E-state index >= 15 is 0 Å². The van der Waals surface area contributed by atoms with Crippen LogP contribution in [0.1, 0.15) is 182 Å². The second-order valence-electron chi connectivity index (χ2n) is 40.2. The van der Waals surface area contributed by atoms with Gasteiger partial charge in [-0.2, -0.15) is 0 Å². The summed E-state index contributed by atoms with van der Waals surface area (Å²) in [4.78, 5) is 128. The number of benzene rings is 6. The predicted octanol–water partition coefficient (Wildman–Crippen LogP) is 15.9. The molecule has 4 aliphatic rings. The van der Waals surface area contributed by atoms with Crippen molar-refractivity contribution in [2.75, 3.05) is 75.2 Å². The summed E-state index contributed by atoms with van der Waals surface area (Å²) in [7, 11) is 0. The Morgan fingerprint density at radius 1 is 0.517 bits per heavy atom. The molecule has 4 fully saturated rings. The zero-order valence-corrected chi connectivity index (χ0v) is 89.8. The Kier molecular flexibility index (Phi) is 36.3. The zero-order valence-electron chi connectivity index (χ0n) is 85.0. The number of piperidine rings is 2. The van der Waals surface area contributed by atoms with E-state index in [4.69, 9.17) is 13.8 Å². The number of carbonyl (C=O) groups is 7. The molecule has 4 saturated heterocycles. The van der Waals surface area contributed by atoms with Crippen LogP contribution in [0, 0.1) is 78.1 Å². The number of likely N-dealkylation sites (tertiary alicyclic amines) is 4. The number of carbonyl (C=O) groups excluding carboxylic acids is 7. The summed E-state index contributed by atoms with van der Waals surface area (Å²) in [6.07, 6.45) is 14.0. The third-order valence-electron chi connectivity index (χ3n) is 27.7. The molecule has 6 amide bonds. The van der Waals surface area contributed by atoms with Crippen LogP contribution in [-0.2, 0) is 38.3 Å². The fourth-order valence-electron chi connectivity index (χ4n) is 19.8. The number of aryl methyl sites for hydroxylation is 8. The maximum Gasteiger partial charge on any atom is 1.00 e. The number of nitrogens with zero attached hydrogens (tertiary/aromatic N) is 14. The molecule has 12 aromatic rings. The first-order chi connectivity index (χ1) is 67.3. The van der Waals surface area contributed by atoms with Gasteiger partial charge in [-0.25, -0.2) is 19.9 Å². The molecule has 35 heteroatoms. The molecule has 16 rings (SSSR count). The number of imidazole rings is 2. The topological polar surface area (TPSA) is 360 Å². The van der Waals surface area contributed by atoms with Gasteiger partial charge in [0, 0.05) is 133 Å². The van der Waals surface area contributed by atoms with Crippen LogP contribution in [0.25, 0.3) is 54.5 Å². The Labute approximate surface area is 874 Å². The number of hydrogen-bond acceptors (Lipinski definition) is 24. The molecule has 0 spiro atoms. The minimum Gasteiger partial charge on any atom is -0.870 e. The summed E-state index contributed by atoms with van der Waals surface area (Å²) >= 11 is 10.9. The van der Waals surface area contributed by atoms with Crippen LogP contribution in [0.5, 0.6) is 0 Å². The minimum atomic E-state index is -0.929. The van der Waals surface area contributed by atoms with Crippen molar-refractivity contribution >= 4 is 119 Å². The molecule has 0 bridgehead atoms. The van der Waals surface area contributed by atoms with Crippen LogP contribution in [0.3, 0.4) is 0 Å². The predicted molar refractivity (Wildman–Crippen MR) is 561 cm³/mol. The molecular weight excluding hydrogens is 1970 g/mol. The van der Waals surface area contributed by atoms with Gasteiger partial charge < -0.3 is 84.2 Å². The largest absolute Gasteiger partial charge is 1.00 e.